The number of likely N-dealkylation sites (tertiary alicyclic amines) is 1. The third-order valence-corrected chi connectivity index (χ3v) is 4.36. The number of hydrogen-bond acceptors (Lipinski definition) is 4. The molecule has 114 valence electrons. The van der Waals surface area contributed by atoms with Crippen LogP contribution in [0.5, 0.6) is 0 Å². The normalized spacial score (nSPS) is 18.5. The number of hydrogen-bond donors (Lipinski definition) is 0. The maximum atomic E-state index is 9.24. The van der Waals surface area contributed by atoms with E-state index < -0.39 is 0 Å². The molecule has 0 unspecified atom stereocenters. The van der Waals surface area contributed by atoms with E-state index in [9.17, 15) is 5.26 Å². The van der Waals surface area contributed by atoms with Crippen LogP contribution in [0.2, 0.25) is 0 Å². The highest BCUT2D eigenvalue weighted by atomic mass is 15.4. The summed E-state index contributed by atoms with van der Waals surface area (Å²) in [5.41, 5.74) is 1.89. The summed E-state index contributed by atoms with van der Waals surface area (Å²) in [4.78, 5) is 6.84. The Morgan fingerprint density at radius 2 is 2.14 bits per heavy atom. The third kappa shape index (κ3) is 3.02. The Labute approximate surface area is 131 Å². The molecule has 2 heterocycles. The maximum Gasteiger partial charge on any atom is 0.147 e. The van der Waals surface area contributed by atoms with E-state index in [0.29, 0.717) is 6.04 Å². The van der Waals surface area contributed by atoms with Crippen LogP contribution >= 0.6 is 0 Å². The van der Waals surface area contributed by atoms with Gasteiger partial charge in [0, 0.05) is 12.6 Å². The largest absolute Gasteiger partial charge is 0.294 e. The van der Waals surface area contributed by atoms with Crippen molar-refractivity contribution in [3.63, 3.8) is 0 Å². The molecule has 0 aliphatic carbocycles. The highest BCUT2D eigenvalue weighted by Gasteiger charge is 2.26. The van der Waals surface area contributed by atoms with Crippen LogP contribution in [0.3, 0.4) is 0 Å². The fraction of sp³-hybridized carbons (Fsp3) is 0.471. The minimum atomic E-state index is 0.464. The van der Waals surface area contributed by atoms with E-state index in [1.165, 1.54) is 12.8 Å². The molecule has 0 spiro atoms. The van der Waals surface area contributed by atoms with E-state index in [-0.39, 0.29) is 0 Å². The highest BCUT2D eigenvalue weighted by molar-refractivity contribution is 5.37. The molecule has 0 amide bonds. The highest BCUT2D eigenvalue weighted by Crippen LogP contribution is 2.22. The molecule has 0 radical (unpaired) electrons. The molecule has 2 aromatic rings. The van der Waals surface area contributed by atoms with Crippen LogP contribution in [0.25, 0.3) is 0 Å². The van der Waals surface area contributed by atoms with Gasteiger partial charge in [-0.05, 0) is 44.9 Å². The molecule has 1 atom stereocenters. The van der Waals surface area contributed by atoms with E-state index in [1.54, 1.807) is 0 Å². The van der Waals surface area contributed by atoms with Crippen LogP contribution in [0, 0.1) is 25.2 Å². The lowest BCUT2D eigenvalue weighted by Gasteiger charge is -2.25. The number of aryl methyl sites for hydroxylation is 2. The first-order valence-electron chi connectivity index (χ1n) is 7.77. The maximum absolute atomic E-state index is 9.24. The van der Waals surface area contributed by atoms with Crippen LogP contribution in [0.1, 0.15) is 35.6 Å². The van der Waals surface area contributed by atoms with Crippen LogP contribution in [0.4, 0.5) is 0 Å². The SMILES string of the molecule is Cc1nc(C)n(C[C@H]2CCCN2Cc2ccccc2C#N)n1. The Morgan fingerprint density at radius 1 is 1.32 bits per heavy atom. The van der Waals surface area contributed by atoms with Crippen molar-refractivity contribution in [3.8, 4) is 6.07 Å². The van der Waals surface area contributed by atoms with Crippen LogP contribution < -0.4 is 0 Å². The van der Waals surface area contributed by atoms with Gasteiger partial charge in [-0.1, -0.05) is 18.2 Å². The van der Waals surface area contributed by atoms with Gasteiger partial charge >= 0.3 is 0 Å². The van der Waals surface area contributed by atoms with Gasteiger partial charge in [0.25, 0.3) is 0 Å². The van der Waals surface area contributed by atoms with Gasteiger partial charge in [0.2, 0.25) is 0 Å². The molecule has 22 heavy (non-hydrogen) atoms. The molecule has 1 fully saturated rings. The number of benzene rings is 1. The lowest BCUT2D eigenvalue weighted by Crippen LogP contribution is -2.33. The zero-order valence-electron chi connectivity index (χ0n) is 13.2. The fourth-order valence-electron chi connectivity index (χ4n) is 3.23. The van der Waals surface area contributed by atoms with Crippen molar-refractivity contribution >= 4 is 0 Å². The Bertz CT molecular complexity index is 697. The van der Waals surface area contributed by atoms with Gasteiger partial charge in [0.05, 0.1) is 18.2 Å². The quantitative estimate of drug-likeness (QED) is 0.869. The number of nitrogens with zero attached hydrogens (tertiary/aromatic N) is 5. The second kappa shape index (κ2) is 6.29. The lowest BCUT2D eigenvalue weighted by atomic mass is 10.1. The molecule has 1 aliphatic rings. The minimum Gasteiger partial charge on any atom is -0.294 e. The first-order valence-corrected chi connectivity index (χ1v) is 7.77. The van der Waals surface area contributed by atoms with Gasteiger partial charge < -0.3 is 0 Å². The van der Waals surface area contributed by atoms with Gasteiger partial charge in [0.1, 0.15) is 11.6 Å². The van der Waals surface area contributed by atoms with Crippen LogP contribution in [0.15, 0.2) is 24.3 Å². The molecule has 1 aromatic carbocycles. The molecular weight excluding hydrogens is 274 g/mol. The summed E-state index contributed by atoms with van der Waals surface area (Å²) in [5.74, 6) is 1.80. The summed E-state index contributed by atoms with van der Waals surface area (Å²) in [6, 6.07) is 10.6. The molecule has 5 nitrogen and oxygen atoms in total. The second-order valence-corrected chi connectivity index (χ2v) is 5.92. The Kier molecular flexibility index (Phi) is 4.21. The van der Waals surface area contributed by atoms with E-state index in [2.05, 4.69) is 27.1 Å². The minimum absolute atomic E-state index is 0.464. The fourth-order valence-corrected chi connectivity index (χ4v) is 3.23. The summed E-state index contributed by atoms with van der Waals surface area (Å²) in [6.45, 7) is 6.73. The Hall–Kier alpha value is -2.19. The van der Waals surface area contributed by atoms with E-state index in [4.69, 9.17) is 0 Å². The van der Waals surface area contributed by atoms with Gasteiger partial charge in [0.15, 0.2) is 0 Å². The van der Waals surface area contributed by atoms with Crippen molar-refractivity contribution in [3.05, 3.63) is 47.0 Å². The van der Waals surface area contributed by atoms with Gasteiger partial charge in [-0.2, -0.15) is 10.4 Å². The molecule has 0 saturated carbocycles. The van der Waals surface area contributed by atoms with E-state index in [1.807, 2.05) is 36.7 Å². The summed E-state index contributed by atoms with van der Waals surface area (Å²) in [6.07, 6.45) is 2.37. The van der Waals surface area contributed by atoms with Gasteiger partial charge in [-0.15, -0.1) is 0 Å². The van der Waals surface area contributed by atoms with Crippen LogP contribution in [-0.2, 0) is 13.1 Å². The van der Waals surface area contributed by atoms with Gasteiger partial charge in [-0.25, -0.2) is 9.67 Å². The molecular formula is C17H21N5. The monoisotopic (exact) mass is 295 g/mol. The smallest absolute Gasteiger partial charge is 0.147 e. The molecule has 3 rings (SSSR count). The Balaban J connectivity index is 1.73. The van der Waals surface area contributed by atoms with E-state index >= 15 is 0 Å². The first-order chi connectivity index (χ1) is 10.7. The van der Waals surface area contributed by atoms with Crippen molar-refractivity contribution in [2.45, 2.75) is 45.8 Å². The van der Waals surface area contributed by atoms with Gasteiger partial charge in [-0.3, -0.25) is 4.90 Å². The Morgan fingerprint density at radius 3 is 2.86 bits per heavy atom. The van der Waals surface area contributed by atoms with Crippen molar-refractivity contribution in [1.82, 2.24) is 19.7 Å². The molecule has 0 N–H and O–H groups in total. The predicted molar refractivity (Wildman–Crippen MR) is 84.1 cm³/mol. The summed E-state index contributed by atoms with van der Waals surface area (Å²) >= 11 is 0. The molecule has 0 bridgehead atoms. The van der Waals surface area contributed by atoms with Crippen molar-refractivity contribution in [1.29, 1.82) is 5.26 Å². The average Bonchev–Trinajstić information content (AvgIpc) is 3.07. The molecule has 1 aromatic heterocycles. The van der Waals surface area contributed by atoms with E-state index in [0.717, 1.165) is 42.4 Å². The zero-order valence-corrected chi connectivity index (χ0v) is 13.2. The number of aromatic nitrogens is 3. The third-order valence-electron chi connectivity index (χ3n) is 4.36. The first kappa shape index (κ1) is 14.7. The average molecular weight is 295 g/mol. The summed E-state index contributed by atoms with van der Waals surface area (Å²) < 4.78 is 2.01. The standard InChI is InChI=1S/C17H21N5/c1-13-19-14(2)22(20-13)12-17-8-5-9-21(17)11-16-7-4-3-6-15(16)10-18/h3-4,6-7,17H,5,8-9,11-12H2,1-2H3/t17-/m1/s1. The zero-order chi connectivity index (χ0) is 15.5. The molecule has 1 aliphatic heterocycles. The lowest BCUT2D eigenvalue weighted by molar-refractivity contribution is 0.217. The van der Waals surface area contributed by atoms with Crippen molar-refractivity contribution in [2.24, 2.45) is 0 Å². The second-order valence-electron chi connectivity index (χ2n) is 5.92. The summed E-state index contributed by atoms with van der Waals surface area (Å²) in [7, 11) is 0. The molecule has 1 saturated heterocycles. The van der Waals surface area contributed by atoms with Crippen molar-refractivity contribution < 1.29 is 0 Å². The van der Waals surface area contributed by atoms with Crippen molar-refractivity contribution in [2.75, 3.05) is 6.54 Å². The predicted octanol–water partition coefficient (Wildman–Crippen LogP) is 2.43. The number of rotatable bonds is 4. The molecule has 5 heteroatoms. The van der Waals surface area contributed by atoms with Crippen LogP contribution in [-0.4, -0.2) is 32.3 Å². The topological polar surface area (TPSA) is 57.7 Å². The summed E-state index contributed by atoms with van der Waals surface area (Å²) in [5, 5.41) is 13.7. The number of nitriles is 1.